The van der Waals surface area contributed by atoms with Crippen molar-refractivity contribution in [3.63, 3.8) is 0 Å². The van der Waals surface area contributed by atoms with Crippen molar-refractivity contribution in [2.75, 3.05) is 6.61 Å². The van der Waals surface area contributed by atoms with Crippen LogP contribution in [0.1, 0.15) is 46.5 Å². The standard InChI is InChI=1S/C25H32NO3P/c1-4-29-24(27)20(2)25(3,21-14-8-5-9-15-21)26-30(28,22-16-10-6-11-17-22)23-18-12-7-13-19-23/h6-7,10-14,16-20H,4-5,8-9,15H2,1-3H3,(H,26,28)/t20-,25+/m1/s1. The van der Waals surface area contributed by atoms with Crippen LogP contribution in [0.25, 0.3) is 0 Å². The molecule has 0 bridgehead atoms. The minimum atomic E-state index is -3.22. The molecule has 2 aromatic carbocycles. The van der Waals surface area contributed by atoms with Gasteiger partial charge in [0.05, 0.1) is 18.1 Å². The molecule has 0 aromatic heterocycles. The number of carbonyl (C=O) groups is 1. The van der Waals surface area contributed by atoms with Gasteiger partial charge in [-0.25, -0.2) is 5.09 Å². The molecule has 0 unspecified atom stereocenters. The summed E-state index contributed by atoms with van der Waals surface area (Å²) in [5.41, 5.74) is 0.356. The number of hydrogen-bond acceptors (Lipinski definition) is 3. The highest BCUT2D eigenvalue weighted by atomic mass is 31.2. The lowest BCUT2D eigenvalue weighted by atomic mass is 9.77. The van der Waals surface area contributed by atoms with Gasteiger partial charge in [0.15, 0.2) is 0 Å². The van der Waals surface area contributed by atoms with Gasteiger partial charge in [-0.3, -0.25) is 9.36 Å². The van der Waals surface area contributed by atoms with Crippen molar-refractivity contribution >= 4 is 23.9 Å². The highest BCUT2D eigenvalue weighted by Crippen LogP contribution is 2.46. The molecule has 1 aliphatic rings. The van der Waals surface area contributed by atoms with Crippen molar-refractivity contribution in [1.82, 2.24) is 5.09 Å². The fourth-order valence-electron chi connectivity index (χ4n) is 4.14. The van der Waals surface area contributed by atoms with Crippen LogP contribution in [0, 0.1) is 5.92 Å². The summed E-state index contributed by atoms with van der Waals surface area (Å²) in [4.78, 5) is 12.8. The number of allylic oxidation sites excluding steroid dienone is 1. The smallest absolute Gasteiger partial charge is 0.310 e. The summed E-state index contributed by atoms with van der Waals surface area (Å²) in [7, 11) is -3.22. The molecule has 30 heavy (non-hydrogen) atoms. The first-order chi connectivity index (χ1) is 14.4. The van der Waals surface area contributed by atoms with Crippen molar-refractivity contribution in [2.24, 2.45) is 5.92 Å². The molecule has 2 aromatic rings. The zero-order chi connectivity index (χ0) is 21.6. The molecule has 4 nitrogen and oxygen atoms in total. The first kappa shape index (κ1) is 22.5. The number of carbonyl (C=O) groups excluding carboxylic acids is 1. The second-order valence-electron chi connectivity index (χ2n) is 8.04. The van der Waals surface area contributed by atoms with Crippen LogP contribution in [0.5, 0.6) is 0 Å². The van der Waals surface area contributed by atoms with Crippen LogP contribution < -0.4 is 15.7 Å². The lowest BCUT2D eigenvalue weighted by Gasteiger charge is -2.42. The Balaban J connectivity index is 2.13. The topological polar surface area (TPSA) is 55.4 Å². The molecule has 0 fully saturated rings. The van der Waals surface area contributed by atoms with Crippen LogP contribution >= 0.6 is 7.29 Å². The fourth-order valence-corrected chi connectivity index (χ4v) is 6.87. The summed E-state index contributed by atoms with van der Waals surface area (Å²) in [5, 5.41) is 5.00. The summed E-state index contributed by atoms with van der Waals surface area (Å²) in [6.45, 7) is 6.02. The molecule has 160 valence electrons. The molecule has 3 rings (SSSR count). The molecule has 0 radical (unpaired) electrons. The number of ether oxygens (including phenoxy) is 1. The molecule has 0 aliphatic heterocycles. The Morgan fingerprint density at radius 2 is 1.63 bits per heavy atom. The summed E-state index contributed by atoms with van der Waals surface area (Å²) in [6, 6.07) is 19.0. The Bertz CT molecular complexity index is 882. The molecule has 0 heterocycles. The molecule has 2 atom stereocenters. The molecular formula is C25H32NO3P. The normalized spacial score (nSPS) is 17.5. The van der Waals surface area contributed by atoms with Crippen LogP contribution in [0.4, 0.5) is 0 Å². The van der Waals surface area contributed by atoms with Gasteiger partial charge in [0.25, 0.3) is 0 Å². The first-order valence-corrected chi connectivity index (χ1v) is 12.5. The van der Waals surface area contributed by atoms with E-state index in [1.54, 1.807) is 0 Å². The maximum absolute atomic E-state index is 14.7. The number of esters is 1. The van der Waals surface area contributed by atoms with Crippen LogP contribution in [-0.4, -0.2) is 18.1 Å². The highest BCUT2D eigenvalue weighted by Gasteiger charge is 2.45. The number of rotatable bonds is 8. The van der Waals surface area contributed by atoms with Crippen molar-refractivity contribution < 1.29 is 14.1 Å². The van der Waals surface area contributed by atoms with E-state index in [-0.39, 0.29) is 5.97 Å². The number of hydrogen-bond donors (Lipinski definition) is 1. The van der Waals surface area contributed by atoms with Gasteiger partial charge in [0, 0.05) is 10.6 Å². The predicted molar refractivity (Wildman–Crippen MR) is 124 cm³/mol. The van der Waals surface area contributed by atoms with E-state index in [1.807, 2.05) is 81.4 Å². The Morgan fingerprint density at radius 1 is 1.07 bits per heavy atom. The van der Waals surface area contributed by atoms with Crippen molar-refractivity contribution in [1.29, 1.82) is 0 Å². The molecule has 0 saturated heterocycles. The third-order valence-corrected chi connectivity index (χ3v) is 8.92. The van der Waals surface area contributed by atoms with Gasteiger partial charge < -0.3 is 4.74 Å². The lowest BCUT2D eigenvalue weighted by molar-refractivity contribution is -0.149. The van der Waals surface area contributed by atoms with Crippen LogP contribution in [0.2, 0.25) is 0 Å². The van der Waals surface area contributed by atoms with E-state index in [0.717, 1.165) is 41.9 Å². The maximum atomic E-state index is 14.7. The van der Waals surface area contributed by atoms with E-state index in [4.69, 9.17) is 4.74 Å². The molecular weight excluding hydrogens is 393 g/mol. The Labute approximate surface area is 180 Å². The van der Waals surface area contributed by atoms with Gasteiger partial charge in [-0.15, -0.1) is 0 Å². The Morgan fingerprint density at radius 3 is 2.10 bits per heavy atom. The monoisotopic (exact) mass is 425 g/mol. The van der Waals surface area contributed by atoms with Gasteiger partial charge in [0.2, 0.25) is 7.29 Å². The van der Waals surface area contributed by atoms with E-state index >= 15 is 0 Å². The Kier molecular flexibility index (Phi) is 7.33. The van der Waals surface area contributed by atoms with Gasteiger partial charge >= 0.3 is 5.97 Å². The van der Waals surface area contributed by atoms with E-state index in [9.17, 15) is 9.36 Å². The minimum Gasteiger partial charge on any atom is -0.466 e. The second-order valence-corrected chi connectivity index (χ2v) is 10.5. The fraction of sp³-hybridized carbons (Fsp3) is 0.400. The van der Waals surface area contributed by atoms with E-state index in [1.165, 1.54) is 0 Å². The highest BCUT2D eigenvalue weighted by molar-refractivity contribution is 7.77. The summed E-state index contributed by atoms with van der Waals surface area (Å²) < 4.78 is 20.0. The second kappa shape index (κ2) is 9.76. The minimum absolute atomic E-state index is 0.272. The molecule has 0 amide bonds. The van der Waals surface area contributed by atoms with Crippen LogP contribution in [0.15, 0.2) is 72.3 Å². The summed E-state index contributed by atoms with van der Waals surface area (Å²) in [5.74, 6) is -0.755. The summed E-state index contributed by atoms with van der Waals surface area (Å²) >= 11 is 0. The zero-order valence-corrected chi connectivity index (χ0v) is 19.0. The summed E-state index contributed by atoms with van der Waals surface area (Å²) in [6.07, 6.45) is 6.29. The first-order valence-electron chi connectivity index (χ1n) is 10.8. The van der Waals surface area contributed by atoms with Crippen molar-refractivity contribution in [2.45, 2.75) is 52.0 Å². The van der Waals surface area contributed by atoms with Crippen molar-refractivity contribution in [3.05, 3.63) is 72.3 Å². The van der Waals surface area contributed by atoms with E-state index in [0.29, 0.717) is 6.61 Å². The van der Waals surface area contributed by atoms with Crippen LogP contribution in [0.3, 0.4) is 0 Å². The van der Waals surface area contributed by atoms with E-state index in [2.05, 4.69) is 11.2 Å². The molecule has 5 heteroatoms. The van der Waals surface area contributed by atoms with Gasteiger partial charge in [0.1, 0.15) is 0 Å². The van der Waals surface area contributed by atoms with Gasteiger partial charge in [-0.2, -0.15) is 0 Å². The molecule has 0 saturated carbocycles. The molecule has 0 spiro atoms. The van der Waals surface area contributed by atoms with Crippen LogP contribution in [-0.2, 0) is 14.1 Å². The zero-order valence-electron chi connectivity index (χ0n) is 18.1. The number of benzene rings is 2. The molecule has 1 N–H and O–H groups in total. The third-order valence-electron chi connectivity index (χ3n) is 6.09. The number of nitrogens with one attached hydrogen (secondary N) is 1. The maximum Gasteiger partial charge on any atom is 0.310 e. The third kappa shape index (κ3) is 4.61. The quantitative estimate of drug-likeness (QED) is 0.369. The lowest BCUT2D eigenvalue weighted by Crippen LogP contribution is -2.53. The molecule has 1 aliphatic carbocycles. The SMILES string of the molecule is CCOC(=O)[C@@H](C)[C@](C)(NP(=O)(c1ccccc1)c1ccccc1)C1=CCCCC1. The Hall–Kier alpha value is -2.16. The predicted octanol–water partition coefficient (Wildman–Crippen LogP) is 4.96. The van der Waals surface area contributed by atoms with Crippen molar-refractivity contribution in [3.8, 4) is 0 Å². The van der Waals surface area contributed by atoms with Gasteiger partial charge in [-0.1, -0.05) is 48.0 Å². The average Bonchev–Trinajstić information content (AvgIpc) is 2.80. The largest absolute Gasteiger partial charge is 0.466 e. The average molecular weight is 426 g/mol. The van der Waals surface area contributed by atoms with Gasteiger partial charge in [-0.05, 0) is 70.7 Å². The van der Waals surface area contributed by atoms with E-state index < -0.39 is 18.7 Å².